The molecule has 0 saturated carbocycles. The van der Waals surface area contributed by atoms with E-state index in [4.69, 9.17) is 16.3 Å². The second kappa shape index (κ2) is 5.14. The summed E-state index contributed by atoms with van der Waals surface area (Å²) >= 11 is 7.16. The Kier molecular flexibility index (Phi) is 3.58. The molecule has 0 unspecified atom stereocenters. The molecule has 0 aliphatic carbocycles. The molecule has 0 saturated heterocycles. The van der Waals surface area contributed by atoms with Crippen LogP contribution >= 0.6 is 23.1 Å². The third-order valence-corrected chi connectivity index (χ3v) is 2.98. The highest BCUT2D eigenvalue weighted by molar-refractivity contribution is 7.10. The Labute approximate surface area is 102 Å². The molecule has 84 valence electrons. The lowest BCUT2D eigenvalue weighted by Gasteiger charge is -2.05. The summed E-state index contributed by atoms with van der Waals surface area (Å²) in [6.45, 7) is 0.382. The van der Waals surface area contributed by atoms with Crippen molar-refractivity contribution in [2.75, 3.05) is 12.4 Å². The Morgan fingerprint density at radius 2 is 2.38 bits per heavy atom. The maximum Gasteiger partial charge on any atom is 0.136 e. The zero-order valence-electron chi connectivity index (χ0n) is 8.61. The second-order valence-electron chi connectivity index (χ2n) is 3.04. The number of halogens is 1. The monoisotopic (exact) mass is 255 g/mol. The number of ether oxygens (including phenoxy) is 1. The van der Waals surface area contributed by atoms with Gasteiger partial charge in [-0.3, -0.25) is 0 Å². The van der Waals surface area contributed by atoms with E-state index in [-0.39, 0.29) is 0 Å². The van der Waals surface area contributed by atoms with Crippen molar-refractivity contribution in [1.29, 1.82) is 0 Å². The van der Waals surface area contributed by atoms with E-state index in [0.29, 0.717) is 11.6 Å². The molecule has 1 aromatic heterocycles. The van der Waals surface area contributed by atoms with Gasteiger partial charge in [0.1, 0.15) is 23.1 Å². The van der Waals surface area contributed by atoms with Crippen molar-refractivity contribution < 1.29 is 4.74 Å². The lowest BCUT2D eigenvalue weighted by Crippen LogP contribution is -1.99. The van der Waals surface area contributed by atoms with E-state index < -0.39 is 0 Å². The first-order valence-corrected chi connectivity index (χ1v) is 5.82. The molecular weight excluding hydrogens is 246 g/mol. The summed E-state index contributed by atoms with van der Waals surface area (Å²) in [6, 6.07) is 7.26. The molecule has 4 nitrogen and oxygen atoms in total. The van der Waals surface area contributed by atoms with Gasteiger partial charge in [-0.05, 0) is 18.2 Å². The largest absolute Gasteiger partial charge is 0.487 e. The van der Waals surface area contributed by atoms with Crippen molar-refractivity contribution in [3.8, 4) is 5.75 Å². The highest BCUT2D eigenvalue weighted by Gasteiger charge is 2.06. The first-order chi connectivity index (χ1) is 7.79. The molecule has 0 spiro atoms. The van der Waals surface area contributed by atoms with Crippen molar-refractivity contribution in [3.05, 3.63) is 35.0 Å². The van der Waals surface area contributed by atoms with E-state index in [9.17, 15) is 0 Å². The number of rotatable bonds is 4. The van der Waals surface area contributed by atoms with Gasteiger partial charge in [0.15, 0.2) is 0 Å². The minimum Gasteiger partial charge on any atom is -0.487 e. The summed E-state index contributed by atoms with van der Waals surface area (Å²) in [5, 5.41) is 8.56. The van der Waals surface area contributed by atoms with Crippen LogP contribution in [0, 0.1) is 0 Å². The number of aromatic nitrogens is 2. The molecule has 0 aliphatic rings. The average Bonchev–Trinajstić information content (AvgIpc) is 2.74. The van der Waals surface area contributed by atoms with Gasteiger partial charge in [-0.25, -0.2) is 0 Å². The maximum absolute atomic E-state index is 5.85. The predicted molar refractivity (Wildman–Crippen MR) is 65.2 cm³/mol. The molecule has 1 N–H and O–H groups in total. The number of hydrogen-bond donors (Lipinski definition) is 1. The van der Waals surface area contributed by atoms with Crippen LogP contribution in [0.15, 0.2) is 24.3 Å². The Hall–Kier alpha value is -1.33. The quantitative estimate of drug-likeness (QED) is 0.913. The van der Waals surface area contributed by atoms with Gasteiger partial charge < -0.3 is 10.1 Å². The zero-order chi connectivity index (χ0) is 11.4. The Balaban J connectivity index is 2.02. The topological polar surface area (TPSA) is 47.0 Å². The Morgan fingerprint density at radius 1 is 1.50 bits per heavy atom. The van der Waals surface area contributed by atoms with Crippen LogP contribution in [-0.4, -0.2) is 16.6 Å². The lowest BCUT2D eigenvalue weighted by atomic mass is 10.3. The molecule has 16 heavy (non-hydrogen) atoms. The second-order valence-corrected chi connectivity index (χ2v) is 4.24. The summed E-state index contributed by atoms with van der Waals surface area (Å²) in [5.41, 5.74) is 0.799. The maximum atomic E-state index is 5.85. The number of anilines is 1. The van der Waals surface area contributed by atoms with Crippen LogP contribution in [-0.2, 0) is 6.61 Å². The highest BCUT2D eigenvalue weighted by atomic mass is 35.5. The van der Waals surface area contributed by atoms with E-state index in [2.05, 4.69) is 14.9 Å². The summed E-state index contributed by atoms with van der Waals surface area (Å²) in [6.07, 6.45) is 0. The van der Waals surface area contributed by atoms with E-state index in [0.717, 1.165) is 16.4 Å². The minimum atomic E-state index is 0.382. The van der Waals surface area contributed by atoms with Crippen molar-refractivity contribution in [1.82, 2.24) is 9.59 Å². The van der Waals surface area contributed by atoms with Crippen LogP contribution in [0.2, 0.25) is 5.02 Å². The third kappa shape index (κ3) is 2.62. The van der Waals surface area contributed by atoms with E-state index >= 15 is 0 Å². The van der Waals surface area contributed by atoms with Gasteiger partial charge in [0, 0.05) is 23.6 Å². The molecule has 1 heterocycles. The summed E-state index contributed by atoms with van der Waals surface area (Å²) in [7, 11) is 1.83. The van der Waals surface area contributed by atoms with Gasteiger partial charge in [0.05, 0.1) is 0 Å². The SMILES string of the molecule is CNc1snnc1COc1cccc(Cl)c1. The van der Waals surface area contributed by atoms with Gasteiger partial charge in [-0.15, -0.1) is 5.10 Å². The van der Waals surface area contributed by atoms with Crippen molar-refractivity contribution in [2.24, 2.45) is 0 Å². The predicted octanol–water partition coefficient (Wildman–Crippen LogP) is 2.81. The highest BCUT2D eigenvalue weighted by Crippen LogP contribution is 2.21. The molecule has 0 amide bonds. The van der Waals surface area contributed by atoms with Crippen LogP contribution < -0.4 is 10.1 Å². The zero-order valence-corrected chi connectivity index (χ0v) is 10.2. The van der Waals surface area contributed by atoms with Crippen molar-refractivity contribution in [2.45, 2.75) is 6.61 Å². The fourth-order valence-electron chi connectivity index (χ4n) is 1.20. The summed E-state index contributed by atoms with van der Waals surface area (Å²) in [5.74, 6) is 0.725. The summed E-state index contributed by atoms with van der Waals surface area (Å²) in [4.78, 5) is 0. The molecule has 2 aromatic rings. The Morgan fingerprint density at radius 3 is 3.12 bits per heavy atom. The molecule has 6 heteroatoms. The van der Waals surface area contributed by atoms with Crippen molar-refractivity contribution >= 4 is 28.1 Å². The Bertz CT molecular complexity index is 475. The van der Waals surface area contributed by atoms with Crippen molar-refractivity contribution in [3.63, 3.8) is 0 Å². The molecule has 0 atom stereocenters. The van der Waals surface area contributed by atoms with Crippen LogP contribution in [0.25, 0.3) is 0 Å². The normalized spacial score (nSPS) is 10.1. The van der Waals surface area contributed by atoms with Gasteiger partial charge in [-0.1, -0.05) is 22.2 Å². The minimum absolute atomic E-state index is 0.382. The van der Waals surface area contributed by atoms with Gasteiger partial charge in [0.25, 0.3) is 0 Å². The van der Waals surface area contributed by atoms with Gasteiger partial charge in [-0.2, -0.15) is 0 Å². The van der Waals surface area contributed by atoms with Crippen LogP contribution in [0.3, 0.4) is 0 Å². The first-order valence-electron chi connectivity index (χ1n) is 4.67. The molecule has 0 aliphatic heterocycles. The molecule has 1 aromatic carbocycles. The van der Waals surface area contributed by atoms with Gasteiger partial charge >= 0.3 is 0 Å². The van der Waals surface area contributed by atoms with Gasteiger partial charge in [0.2, 0.25) is 0 Å². The van der Waals surface area contributed by atoms with Crippen LogP contribution in [0.1, 0.15) is 5.69 Å². The molecule has 0 radical (unpaired) electrons. The number of hydrogen-bond acceptors (Lipinski definition) is 5. The number of nitrogens with one attached hydrogen (secondary N) is 1. The third-order valence-electron chi connectivity index (χ3n) is 1.95. The first kappa shape index (κ1) is 11.2. The van der Waals surface area contributed by atoms with E-state index in [1.807, 2.05) is 19.2 Å². The number of nitrogens with zero attached hydrogens (tertiary/aromatic N) is 2. The number of benzene rings is 1. The standard InChI is InChI=1S/C10H10ClN3OS/c1-12-10-9(13-14-16-10)6-15-8-4-2-3-7(11)5-8/h2-5,12H,6H2,1H3. The average molecular weight is 256 g/mol. The molecule has 0 bridgehead atoms. The smallest absolute Gasteiger partial charge is 0.136 e. The van der Waals surface area contributed by atoms with Crippen LogP contribution in [0.5, 0.6) is 5.75 Å². The summed E-state index contributed by atoms with van der Waals surface area (Å²) < 4.78 is 9.40. The fraction of sp³-hybridized carbons (Fsp3) is 0.200. The van der Waals surface area contributed by atoms with E-state index in [1.165, 1.54) is 11.5 Å². The van der Waals surface area contributed by atoms with Crippen LogP contribution in [0.4, 0.5) is 5.00 Å². The molecule has 2 rings (SSSR count). The van der Waals surface area contributed by atoms with E-state index in [1.54, 1.807) is 12.1 Å². The molecular formula is C10H10ClN3OS. The fourth-order valence-corrected chi connectivity index (χ4v) is 1.90. The lowest BCUT2D eigenvalue weighted by molar-refractivity contribution is 0.302. The molecule has 0 fully saturated rings.